The largest absolute Gasteiger partial charge is 0.414 e. The summed E-state index contributed by atoms with van der Waals surface area (Å²) in [7, 11) is 0. The van der Waals surface area contributed by atoms with Crippen LogP contribution in [-0.4, -0.2) is 37.1 Å². The smallest absolute Gasteiger partial charge is 0.375 e. The zero-order chi connectivity index (χ0) is 13.1. The molecule has 1 heterocycles. The van der Waals surface area contributed by atoms with Crippen molar-refractivity contribution in [2.24, 2.45) is 5.73 Å². The molecule has 6 heteroatoms. The Kier molecular flexibility index (Phi) is 5.22. The lowest BCUT2D eigenvalue weighted by Gasteiger charge is -2.34. The van der Waals surface area contributed by atoms with Gasteiger partial charge in [-0.25, -0.2) is 0 Å². The molecule has 0 saturated carbocycles. The predicted molar refractivity (Wildman–Crippen MR) is 57.6 cm³/mol. The van der Waals surface area contributed by atoms with Gasteiger partial charge >= 0.3 is 6.18 Å². The van der Waals surface area contributed by atoms with E-state index in [1.165, 1.54) is 0 Å². The first-order valence-corrected chi connectivity index (χ1v) is 5.90. The van der Waals surface area contributed by atoms with Crippen LogP contribution in [0.15, 0.2) is 0 Å². The molecule has 1 fully saturated rings. The van der Waals surface area contributed by atoms with E-state index in [1.807, 2.05) is 13.8 Å². The molecule has 1 saturated heterocycles. The van der Waals surface area contributed by atoms with Crippen molar-refractivity contribution in [3.05, 3.63) is 0 Å². The Morgan fingerprint density at radius 1 is 1.29 bits per heavy atom. The van der Waals surface area contributed by atoms with Gasteiger partial charge in [0.05, 0.1) is 18.3 Å². The van der Waals surface area contributed by atoms with Crippen molar-refractivity contribution in [1.82, 2.24) is 0 Å². The Hall–Kier alpha value is -0.330. The Morgan fingerprint density at radius 3 is 2.24 bits per heavy atom. The minimum absolute atomic E-state index is 0.0293. The van der Waals surface area contributed by atoms with Crippen LogP contribution in [0.25, 0.3) is 0 Å². The van der Waals surface area contributed by atoms with Crippen molar-refractivity contribution in [3.63, 3.8) is 0 Å². The summed E-state index contributed by atoms with van der Waals surface area (Å²) in [5.41, 5.74) is 5.18. The number of hydrogen-bond acceptors (Lipinski definition) is 3. The second kappa shape index (κ2) is 6.02. The zero-order valence-electron chi connectivity index (χ0n) is 10.2. The number of alkyl halides is 3. The molecule has 0 bridgehead atoms. The molecule has 0 aromatic carbocycles. The fourth-order valence-electron chi connectivity index (χ4n) is 2.15. The number of hydrogen-bond donors (Lipinski definition) is 1. The third kappa shape index (κ3) is 4.81. The maximum atomic E-state index is 12.6. The summed E-state index contributed by atoms with van der Waals surface area (Å²) in [6.45, 7) is 3.66. The lowest BCUT2D eigenvalue weighted by molar-refractivity contribution is -0.245. The Morgan fingerprint density at radius 2 is 1.82 bits per heavy atom. The van der Waals surface area contributed by atoms with Gasteiger partial charge in [-0.3, -0.25) is 0 Å². The molecule has 0 aliphatic carbocycles. The third-order valence-electron chi connectivity index (χ3n) is 2.80. The maximum absolute atomic E-state index is 12.6. The summed E-state index contributed by atoms with van der Waals surface area (Å²) < 4.78 is 48.5. The quantitative estimate of drug-likeness (QED) is 0.838. The Balaban J connectivity index is 2.54. The number of halogens is 3. The van der Waals surface area contributed by atoms with Crippen molar-refractivity contribution in [2.75, 3.05) is 6.54 Å². The van der Waals surface area contributed by atoms with Crippen LogP contribution in [0.4, 0.5) is 13.2 Å². The number of ether oxygens (including phenoxy) is 2. The van der Waals surface area contributed by atoms with E-state index in [2.05, 4.69) is 0 Å². The van der Waals surface area contributed by atoms with Crippen molar-refractivity contribution in [3.8, 4) is 0 Å². The van der Waals surface area contributed by atoms with Crippen molar-refractivity contribution >= 4 is 0 Å². The summed E-state index contributed by atoms with van der Waals surface area (Å²) >= 11 is 0. The molecular formula is C11H20F3NO2. The molecule has 3 unspecified atom stereocenters. The SMILES string of the molecule is CC1CC(OC(CCN)C(F)(F)F)CC(C)O1. The molecule has 1 aliphatic rings. The number of rotatable bonds is 4. The van der Waals surface area contributed by atoms with E-state index < -0.39 is 18.4 Å². The van der Waals surface area contributed by atoms with Gasteiger partial charge in [-0.05, 0) is 39.7 Å². The first kappa shape index (κ1) is 14.7. The lowest BCUT2D eigenvalue weighted by Crippen LogP contribution is -2.41. The molecule has 3 atom stereocenters. The predicted octanol–water partition coefficient (Wildman–Crippen LogP) is 2.24. The summed E-state index contributed by atoms with van der Waals surface area (Å²) in [5, 5.41) is 0. The molecule has 17 heavy (non-hydrogen) atoms. The van der Waals surface area contributed by atoms with Gasteiger partial charge in [0, 0.05) is 0 Å². The Labute approximate surface area is 99.4 Å². The summed E-state index contributed by atoms with van der Waals surface area (Å²) in [4.78, 5) is 0. The topological polar surface area (TPSA) is 44.5 Å². The molecule has 3 nitrogen and oxygen atoms in total. The zero-order valence-corrected chi connectivity index (χ0v) is 10.2. The Bertz CT molecular complexity index is 225. The van der Waals surface area contributed by atoms with Crippen molar-refractivity contribution in [1.29, 1.82) is 0 Å². The maximum Gasteiger partial charge on any atom is 0.414 e. The van der Waals surface area contributed by atoms with Gasteiger partial charge in [0.25, 0.3) is 0 Å². The van der Waals surface area contributed by atoms with Gasteiger partial charge in [0.2, 0.25) is 0 Å². The molecule has 102 valence electrons. The lowest BCUT2D eigenvalue weighted by atomic mass is 10.0. The van der Waals surface area contributed by atoms with Crippen LogP contribution in [0.1, 0.15) is 33.1 Å². The van der Waals surface area contributed by atoms with Gasteiger partial charge in [-0.2, -0.15) is 13.2 Å². The average Bonchev–Trinajstić information content (AvgIpc) is 2.13. The molecule has 0 aromatic heterocycles. The van der Waals surface area contributed by atoms with E-state index in [4.69, 9.17) is 15.2 Å². The first-order valence-electron chi connectivity index (χ1n) is 5.90. The van der Waals surface area contributed by atoms with Gasteiger partial charge in [-0.1, -0.05) is 0 Å². The van der Waals surface area contributed by atoms with E-state index in [0.717, 1.165) is 0 Å². The minimum atomic E-state index is -4.34. The van der Waals surface area contributed by atoms with Gasteiger partial charge < -0.3 is 15.2 Å². The molecular weight excluding hydrogens is 235 g/mol. The monoisotopic (exact) mass is 255 g/mol. The van der Waals surface area contributed by atoms with Gasteiger partial charge in [-0.15, -0.1) is 0 Å². The van der Waals surface area contributed by atoms with Crippen molar-refractivity contribution in [2.45, 2.75) is 63.7 Å². The van der Waals surface area contributed by atoms with E-state index in [-0.39, 0.29) is 25.2 Å². The normalized spacial score (nSPS) is 32.5. The third-order valence-corrected chi connectivity index (χ3v) is 2.80. The molecule has 0 aromatic rings. The highest BCUT2D eigenvalue weighted by Gasteiger charge is 2.42. The highest BCUT2D eigenvalue weighted by molar-refractivity contribution is 4.77. The van der Waals surface area contributed by atoms with Crippen LogP contribution >= 0.6 is 0 Å². The standard InChI is InChI=1S/C11H20F3NO2/c1-7-5-9(6-8(2)16-7)17-10(3-4-15)11(12,13)14/h7-10H,3-6,15H2,1-2H3. The van der Waals surface area contributed by atoms with Crippen LogP contribution < -0.4 is 5.73 Å². The van der Waals surface area contributed by atoms with Crippen LogP contribution in [-0.2, 0) is 9.47 Å². The van der Waals surface area contributed by atoms with Crippen LogP contribution in [0.2, 0.25) is 0 Å². The van der Waals surface area contributed by atoms with E-state index in [0.29, 0.717) is 12.8 Å². The molecule has 0 spiro atoms. The average molecular weight is 255 g/mol. The van der Waals surface area contributed by atoms with E-state index in [1.54, 1.807) is 0 Å². The summed E-state index contributed by atoms with van der Waals surface area (Å²) in [6.07, 6.45) is -5.80. The highest BCUT2D eigenvalue weighted by Crippen LogP contribution is 2.30. The fraction of sp³-hybridized carbons (Fsp3) is 1.00. The highest BCUT2D eigenvalue weighted by atomic mass is 19.4. The molecule has 1 aliphatic heterocycles. The summed E-state index contributed by atoms with van der Waals surface area (Å²) in [6, 6.07) is 0. The van der Waals surface area contributed by atoms with Crippen LogP contribution in [0.3, 0.4) is 0 Å². The van der Waals surface area contributed by atoms with E-state index in [9.17, 15) is 13.2 Å². The minimum Gasteiger partial charge on any atom is -0.375 e. The summed E-state index contributed by atoms with van der Waals surface area (Å²) in [5.74, 6) is 0. The molecule has 0 radical (unpaired) electrons. The van der Waals surface area contributed by atoms with Crippen LogP contribution in [0.5, 0.6) is 0 Å². The van der Waals surface area contributed by atoms with Gasteiger partial charge in [0.1, 0.15) is 0 Å². The number of nitrogens with two attached hydrogens (primary N) is 1. The van der Waals surface area contributed by atoms with Crippen LogP contribution in [0, 0.1) is 0 Å². The van der Waals surface area contributed by atoms with E-state index >= 15 is 0 Å². The second-order valence-electron chi connectivity index (χ2n) is 4.59. The van der Waals surface area contributed by atoms with Gasteiger partial charge in [0.15, 0.2) is 6.10 Å². The molecule has 2 N–H and O–H groups in total. The molecule has 1 rings (SSSR count). The van der Waals surface area contributed by atoms with Crippen molar-refractivity contribution < 1.29 is 22.6 Å². The first-order chi connectivity index (χ1) is 7.82. The fourth-order valence-corrected chi connectivity index (χ4v) is 2.15. The molecule has 0 amide bonds. The second-order valence-corrected chi connectivity index (χ2v) is 4.59.